The monoisotopic (exact) mass is 571 g/mol. The zero-order chi connectivity index (χ0) is 27.7. The number of amides is 3. The highest BCUT2D eigenvalue weighted by atomic mass is 35.5. The summed E-state index contributed by atoms with van der Waals surface area (Å²) < 4.78 is 34.1. The molecule has 2 aromatic carbocycles. The molecule has 196 valence electrons. The molecule has 1 fully saturated rings. The number of alkyl halides is 2. The minimum Gasteiger partial charge on any atom is -0.443 e. The molecule has 0 heterocycles. The number of terminal acetylenes is 1. The lowest BCUT2D eigenvalue weighted by Crippen LogP contribution is -2.38. The number of nitrogens with zero attached hydrogens (tertiary/aromatic N) is 1. The van der Waals surface area contributed by atoms with Gasteiger partial charge in [0.05, 0.1) is 28.7 Å². The molecule has 3 rings (SSSR count). The highest BCUT2D eigenvalue weighted by molar-refractivity contribution is 6.52. The van der Waals surface area contributed by atoms with Crippen molar-refractivity contribution in [2.75, 3.05) is 22.1 Å². The van der Waals surface area contributed by atoms with Crippen molar-refractivity contribution in [3.63, 3.8) is 0 Å². The van der Waals surface area contributed by atoms with E-state index in [1.807, 2.05) is 0 Å². The van der Waals surface area contributed by atoms with Crippen molar-refractivity contribution in [1.29, 1.82) is 0 Å². The predicted octanol–water partition coefficient (Wildman–Crippen LogP) is 6.38. The largest absolute Gasteiger partial charge is 0.443 e. The fourth-order valence-electron chi connectivity index (χ4n) is 3.22. The van der Waals surface area contributed by atoms with E-state index < -0.39 is 63.3 Å². The zero-order valence-electron chi connectivity index (χ0n) is 19.9. The van der Waals surface area contributed by atoms with Crippen LogP contribution in [-0.2, 0) is 9.53 Å². The molecule has 7 nitrogen and oxygen atoms in total. The molecule has 0 aromatic heterocycles. The minimum absolute atomic E-state index is 0.00332. The third kappa shape index (κ3) is 6.83. The van der Waals surface area contributed by atoms with E-state index in [1.165, 1.54) is 18.2 Å². The molecule has 0 aliphatic heterocycles. The molecule has 37 heavy (non-hydrogen) atoms. The third-order valence-electron chi connectivity index (χ3n) is 5.07. The van der Waals surface area contributed by atoms with Crippen molar-refractivity contribution in [3.05, 3.63) is 52.6 Å². The lowest BCUT2D eigenvalue weighted by Gasteiger charge is -2.27. The van der Waals surface area contributed by atoms with Crippen molar-refractivity contribution < 1.29 is 27.9 Å². The van der Waals surface area contributed by atoms with Gasteiger partial charge in [-0.3, -0.25) is 14.5 Å². The Morgan fingerprint density at radius 1 is 1.19 bits per heavy atom. The SMILES string of the molecule is C#CCN(C(=O)OC(C)(C)C)c1c(F)ccc(NC(=O)c2cc(NC(=O)C3CC3(Cl)Cl)ccc2Cl)c1F. The smallest absolute Gasteiger partial charge is 0.415 e. The highest BCUT2D eigenvalue weighted by Crippen LogP contribution is 2.53. The Morgan fingerprint density at radius 2 is 1.84 bits per heavy atom. The van der Waals surface area contributed by atoms with Crippen molar-refractivity contribution in [1.82, 2.24) is 0 Å². The van der Waals surface area contributed by atoms with Crippen molar-refractivity contribution in [3.8, 4) is 12.3 Å². The maximum absolute atomic E-state index is 15.4. The normalized spacial score (nSPS) is 15.8. The van der Waals surface area contributed by atoms with Crippen LogP contribution in [-0.4, -0.2) is 34.4 Å². The molecule has 0 radical (unpaired) electrons. The fraction of sp³-hybridized carbons (Fsp3) is 0.320. The Labute approximate surface area is 227 Å². The highest BCUT2D eigenvalue weighted by Gasteiger charge is 2.56. The van der Waals surface area contributed by atoms with Crippen LogP contribution >= 0.6 is 34.8 Å². The van der Waals surface area contributed by atoms with Crippen LogP contribution in [0.1, 0.15) is 37.6 Å². The van der Waals surface area contributed by atoms with Crippen LogP contribution in [0.3, 0.4) is 0 Å². The summed E-state index contributed by atoms with van der Waals surface area (Å²) in [6, 6.07) is 5.92. The second-order valence-electron chi connectivity index (χ2n) is 9.18. The Balaban J connectivity index is 1.87. The van der Waals surface area contributed by atoms with Crippen LogP contribution in [0.4, 0.5) is 30.6 Å². The first kappa shape index (κ1) is 28.5. The predicted molar refractivity (Wildman–Crippen MR) is 139 cm³/mol. The Bertz CT molecular complexity index is 1310. The summed E-state index contributed by atoms with van der Waals surface area (Å²) in [6.45, 7) is 4.24. The summed E-state index contributed by atoms with van der Waals surface area (Å²) in [7, 11) is 0. The molecule has 0 spiro atoms. The zero-order valence-corrected chi connectivity index (χ0v) is 22.2. The van der Waals surface area contributed by atoms with Crippen LogP contribution in [0.15, 0.2) is 30.3 Å². The molecule has 12 heteroatoms. The van der Waals surface area contributed by atoms with E-state index in [2.05, 4.69) is 16.6 Å². The second kappa shape index (κ2) is 10.7. The number of carbonyl (C=O) groups excluding carboxylic acids is 3. The quantitative estimate of drug-likeness (QED) is 0.311. The summed E-state index contributed by atoms with van der Waals surface area (Å²) in [5.74, 6) is -2.12. The van der Waals surface area contributed by atoms with Gasteiger partial charge in [-0.2, -0.15) is 0 Å². The number of nitrogens with one attached hydrogen (secondary N) is 2. The van der Waals surface area contributed by atoms with Gasteiger partial charge in [-0.15, -0.1) is 29.6 Å². The summed E-state index contributed by atoms with van der Waals surface area (Å²) in [5, 5.41) is 4.88. The number of rotatable bonds is 6. The molecular weight excluding hydrogens is 551 g/mol. The van der Waals surface area contributed by atoms with Crippen molar-refractivity contribution in [2.24, 2.45) is 5.92 Å². The van der Waals surface area contributed by atoms with E-state index in [1.54, 1.807) is 20.8 Å². The van der Waals surface area contributed by atoms with Crippen LogP contribution in [0.25, 0.3) is 0 Å². The molecule has 0 saturated heterocycles. The second-order valence-corrected chi connectivity index (χ2v) is 11.1. The molecule has 2 aromatic rings. The van der Waals surface area contributed by atoms with Gasteiger partial charge in [0.2, 0.25) is 5.91 Å². The fourth-order valence-corrected chi connectivity index (χ4v) is 3.93. The molecule has 1 unspecified atom stereocenters. The average Bonchev–Trinajstić information content (AvgIpc) is 3.43. The molecule has 2 N–H and O–H groups in total. The maximum Gasteiger partial charge on any atom is 0.415 e. The Kier molecular flexibility index (Phi) is 8.27. The van der Waals surface area contributed by atoms with Gasteiger partial charge in [-0.05, 0) is 57.5 Å². The van der Waals surface area contributed by atoms with Crippen LogP contribution in [0, 0.1) is 29.9 Å². The Morgan fingerprint density at radius 3 is 2.41 bits per heavy atom. The lowest BCUT2D eigenvalue weighted by atomic mass is 10.1. The van der Waals surface area contributed by atoms with Gasteiger partial charge in [0.1, 0.15) is 21.4 Å². The van der Waals surface area contributed by atoms with E-state index in [0.29, 0.717) is 4.90 Å². The van der Waals surface area contributed by atoms with Gasteiger partial charge >= 0.3 is 6.09 Å². The summed E-state index contributed by atoms with van der Waals surface area (Å²) in [5.41, 5.74) is -2.11. The van der Waals surface area contributed by atoms with Gasteiger partial charge in [-0.25, -0.2) is 13.6 Å². The molecule has 1 saturated carbocycles. The summed E-state index contributed by atoms with van der Waals surface area (Å²) >= 11 is 18.0. The van der Waals surface area contributed by atoms with Crippen LogP contribution in [0.5, 0.6) is 0 Å². The van der Waals surface area contributed by atoms with Crippen LogP contribution < -0.4 is 15.5 Å². The maximum atomic E-state index is 15.4. The van der Waals surface area contributed by atoms with Gasteiger partial charge in [0.15, 0.2) is 5.82 Å². The van der Waals surface area contributed by atoms with E-state index in [-0.39, 0.29) is 22.7 Å². The first-order valence-electron chi connectivity index (χ1n) is 10.9. The van der Waals surface area contributed by atoms with Gasteiger partial charge < -0.3 is 15.4 Å². The van der Waals surface area contributed by atoms with Gasteiger partial charge in [0.25, 0.3) is 5.91 Å². The standard InChI is InChI=1S/C25H22Cl3F2N3O4/c1-5-10-33(23(36)37-24(2,3)4)20-17(29)8-9-18(19(20)30)32-21(34)14-11-13(6-7-16(14)26)31-22(35)15-12-25(15,27)28/h1,6-9,11,15H,10,12H2,2-4H3,(H,31,35)(H,32,34). The minimum atomic E-state index is -1.26. The van der Waals surface area contributed by atoms with Gasteiger partial charge in [0, 0.05) is 5.69 Å². The Hall–Kier alpha value is -3.06. The molecular formula is C25H22Cl3F2N3O4. The van der Waals surface area contributed by atoms with E-state index >= 15 is 4.39 Å². The number of hydrogen-bond acceptors (Lipinski definition) is 4. The topological polar surface area (TPSA) is 87.7 Å². The molecule has 1 aliphatic rings. The number of anilines is 3. The summed E-state index contributed by atoms with van der Waals surface area (Å²) in [4.78, 5) is 38.4. The number of carbonyl (C=O) groups is 3. The first-order valence-corrected chi connectivity index (χ1v) is 12.0. The van der Waals surface area contributed by atoms with E-state index in [9.17, 15) is 18.8 Å². The number of ether oxygens (including phenoxy) is 1. The third-order valence-corrected chi connectivity index (χ3v) is 6.23. The lowest BCUT2D eigenvalue weighted by molar-refractivity contribution is -0.117. The number of hydrogen-bond donors (Lipinski definition) is 2. The van der Waals surface area contributed by atoms with Crippen LogP contribution in [0.2, 0.25) is 5.02 Å². The molecule has 1 atom stereocenters. The van der Waals surface area contributed by atoms with Crippen molar-refractivity contribution in [2.45, 2.75) is 37.1 Å². The van der Waals surface area contributed by atoms with E-state index in [0.717, 1.165) is 12.1 Å². The molecule has 3 amide bonds. The molecule has 1 aliphatic carbocycles. The summed E-state index contributed by atoms with van der Waals surface area (Å²) in [6.07, 6.45) is 4.50. The number of benzene rings is 2. The number of halogens is 5. The first-order chi connectivity index (χ1) is 17.1. The average molecular weight is 573 g/mol. The van der Waals surface area contributed by atoms with Gasteiger partial charge in [-0.1, -0.05) is 17.5 Å². The van der Waals surface area contributed by atoms with E-state index in [4.69, 9.17) is 46.0 Å². The van der Waals surface area contributed by atoms with Crippen molar-refractivity contribution >= 4 is 69.8 Å². The molecule has 0 bridgehead atoms.